The number of rotatable bonds is 5. The van der Waals surface area contributed by atoms with Crippen molar-refractivity contribution in [3.63, 3.8) is 0 Å². The van der Waals surface area contributed by atoms with Gasteiger partial charge < -0.3 is 5.32 Å². The van der Waals surface area contributed by atoms with E-state index in [1.165, 1.54) is 0 Å². The van der Waals surface area contributed by atoms with E-state index in [9.17, 15) is 16.8 Å². The van der Waals surface area contributed by atoms with Crippen LogP contribution in [-0.2, 0) is 19.7 Å². The van der Waals surface area contributed by atoms with Gasteiger partial charge >= 0.3 is 0 Å². The topological polar surface area (TPSA) is 80.3 Å². The van der Waals surface area contributed by atoms with E-state index in [4.69, 9.17) is 0 Å². The SMILES string of the molecule is CNC1CCCCCC1S(=O)(=O)CCS(C)(=O)=O. The smallest absolute Gasteiger partial charge is 0.155 e. The van der Waals surface area contributed by atoms with Crippen molar-refractivity contribution < 1.29 is 16.8 Å². The fourth-order valence-corrected chi connectivity index (χ4v) is 6.19. The first kappa shape index (κ1) is 15.9. The van der Waals surface area contributed by atoms with E-state index in [2.05, 4.69) is 5.32 Å². The molecule has 0 aromatic carbocycles. The Bertz CT molecular complexity index is 455. The molecular formula is C11H23NO4S2. The zero-order valence-corrected chi connectivity index (χ0v) is 12.7. The second kappa shape index (κ2) is 6.34. The van der Waals surface area contributed by atoms with Gasteiger partial charge in [0.15, 0.2) is 9.84 Å². The van der Waals surface area contributed by atoms with Crippen molar-refractivity contribution in [2.24, 2.45) is 0 Å². The van der Waals surface area contributed by atoms with Gasteiger partial charge in [-0.05, 0) is 19.9 Å². The summed E-state index contributed by atoms with van der Waals surface area (Å²) >= 11 is 0. The third-order valence-corrected chi connectivity index (χ3v) is 6.99. The van der Waals surface area contributed by atoms with E-state index in [0.29, 0.717) is 6.42 Å². The van der Waals surface area contributed by atoms with Crippen molar-refractivity contribution in [1.82, 2.24) is 5.32 Å². The van der Waals surface area contributed by atoms with Crippen molar-refractivity contribution in [2.45, 2.75) is 43.4 Å². The van der Waals surface area contributed by atoms with Crippen LogP contribution in [0.3, 0.4) is 0 Å². The minimum Gasteiger partial charge on any atom is -0.316 e. The summed E-state index contributed by atoms with van der Waals surface area (Å²) in [5, 5.41) is 2.63. The molecule has 0 aliphatic heterocycles. The first-order valence-corrected chi connectivity index (χ1v) is 10.1. The van der Waals surface area contributed by atoms with E-state index < -0.39 is 24.9 Å². The summed E-state index contributed by atoms with van der Waals surface area (Å²) in [5.74, 6) is -0.531. The summed E-state index contributed by atoms with van der Waals surface area (Å²) in [6.07, 6.45) is 5.54. The highest BCUT2D eigenvalue weighted by Gasteiger charge is 2.33. The van der Waals surface area contributed by atoms with E-state index in [-0.39, 0.29) is 17.5 Å². The first-order valence-electron chi connectivity index (χ1n) is 6.33. The van der Waals surface area contributed by atoms with E-state index >= 15 is 0 Å². The molecule has 1 rings (SSSR count). The second-order valence-electron chi connectivity index (χ2n) is 5.07. The number of hydrogen-bond donors (Lipinski definition) is 1. The lowest BCUT2D eigenvalue weighted by Crippen LogP contribution is -2.43. The molecule has 0 aromatic heterocycles. The molecule has 108 valence electrons. The van der Waals surface area contributed by atoms with Crippen LogP contribution < -0.4 is 5.32 Å². The van der Waals surface area contributed by atoms with Gasteiger partial charge in [0.2, 0.25) is 0 Å². The predicted molar refractivity (Wildman–Crippen MR) is 73.2 cm³/mol. The molecule has 2 unspecified atom stereocenters. The highest BCUT2D eigenvalue weighted by molar-refractivity contribution is 7.95. The van der Waals surface area contributed by atoms with Crippen LogP contribution in [0.4, 0.5) is 0 Å². The predicted octanol–water partition coefficient (Wildman–Crippen LogP) is 0.367. The summed E-state index contributed by atoms with van der Waals surface area (Å²) in [6.45, 7) is 0. The molecule has 0 aromatic rings. The van der Waals surface area contributed by atoms with E-state index in [0.717, 1.165) is 31.9 Å². The Labute approximate surface area is 110 Å². The molecule has 1 aliphatic rings. The summed E-state index contributed by atoms with van der Waals surface area (Å²) in [7, 11) is -4.80. The number of nitrogens with one attached hydrogen (secondary N) is 1. The Morgan fingerprint density at radius 1 is 1.00 bits per heavy atom. The summed E-state index contributed by atoms with van der Waals surface area (Å²) in [6, 6.07) is -0.0444. The Hall–Kier alpha value is -0.140. The largest absolute Gasteiger partial charge is 0.316 e. The van der Waals surface area contributed by atoms with Crippen LogP contribution in [0.1, 0.15) is 32.1 Å². The molecule has 0 amide bonds. The molecule has 0 heterocycles. The zero-order chi connectivity index (χ0) is 13.8. The Kier molecular flexibility index (Phi) is 5.61. The second-order valence-corrected chi connectivity index (χ2v) is 9.67. The quantitative estimate of drug-likeness (QED) is 0.741. The molecular weight excluding hydrogens is 274 g/mol. The van der Waals surface area contributed by atoms with Gasteiger partial charge in [-0.15, -0.1) is 0 Å². The maximum Gasteiger partial charge on any atom is 0.155 e. The van der Waals surface area contributed by atoms with Crippen molar-refractivity contribution in [3.8, 4) is 0 Å². The van der Waals surface area contributed by atoms with Gasteiger partial charge in [-0.2, -0.15) is 0 Å². The van der Waals surface area contributed by atoms with Gasteiger partial charge in [0.1, 0.15) is 9.84 Å². The molecule has 18 heavy (non-hydrogen) atoms. The number of sulfone groups is 2. The highest BCUT2D eigenvalue weighted by atomic mass is 32.2. The zero-order valence-electron chi connectivity index (χ0n) is 11.1. The van der Waals surface area contributed by atoms with Crippen molar-refractivity contribution in [1.29, 1.82) is 0 Å². The Balaban J connectivity index is 2.80. The summed E-state index contributed by atoms with van der Waals surface area (Å²) < 4.78 is 46.7. The van der Waals surface area contributed by atoms with Crippen molar-refractivity contribution in [2.75, 3.05) is 24.8 Å². The lowest BCUT2D eigenvalue weighted by molar-refractivity contribution is 0.481. The van der Waals surface area contributed by atoms with Gasteiger partial charge in [-0.25, -0.2) is 16.8 Å². The maximum atomic E-state index is 12.2. The molecule has 0 bridgehead atoms. The van der Waals surface area contributed by atoms with E-state index in [1.54, 1.807) is 7.05 Å². The van der Waals surface area contributed by atoms with Crippen LogP contribution in [0.5, 0.6) is 0 Å². The van der Waals surface area contributed by atoms with Gasteiger partial charge in [0, 0.05) is 12.3 Å². The monoisotopic (exact) mass is 297 g/mol. The third-order valence-electron chi connectivity index (χ3n) is 3.52. The fourth-order valence-electron chi connectivity index (χ4n) is 2.45. The molecule has 1 aliphatic carbocycles. The lowest BCUT2D eigenvalue weighted by Gasteiger charge is -2.24. The average molecular weight is 297 g/mol. The van der Waals surface area contributed by atoms with E-state index in [1.807, 2.05) is 0 Å². The summed E-state index contributed by atoms with van der Waals surface area (Å²) in [4.78, 5) is 0. The molecule has 0 radical (unpaired) electrons. The first-order chi connectivity index (χ1) is 8.26. The van der Waals surface area contributed by atoms with Gasteiger partial charge in [0.25, 0.3) is 0 Å². The van der Waals surface area contributed by atoms with Gasteiger partial charge in [-0.3, -0.25) is 0 Å². The molecule has 5 nitrogen and oxygen atoms in total. The third kappa shape index (κ3) is 4.85. The molecule has 2 atom stereocenters. The summed E-state index contributed by atoms with van der Waals surface area (Å²) in [5.41, 5.74) is 0. The molecule has 0 saturated heterocycles. The van der Waals surface area contributed by atoms with Crippen molar-refractivity contribution in [3.05, 3.63) is 0 Å². The van der Waals surface area contributed by atoms with Crippen molar-refractivity contribution >= 4 is 19.7 Å². The molecule has 0 spiro atoms. The molecule has 1 saturated carbocycles. The molecule has 1 N–H and O–H groups in total. The van der Waals surface area contributed by atoms with Crippen LogP contribution in [-0.4, -0.2) is 52.9 Å². The molecule has 7 heteroatoms. The average Bonchev–Trinajstić information content (AvgIpc) is 2.50. The molecule has 1 fully saturated rings. The Morgan fingerprint density at radius 3 is 2.17 bits per heavy atom. The minimum atomic E-state index is -3.34. The lowest BCUT2D eigenvalue weighted by atomic mass is 10.1. The van der Waals surface area contributed by atoms with Crippen LogP contribution in [0.2, 0.25) is 0 Å². The highest BCUT2D eigenvalue weighted by Crippen LogP contribution is 2.24. The van der Waals surface area contributed by atoms with Gasteiger partial charge in [0.05, 0.1) is 16.8 Å². The number of hydrogen-bond acceptors (Lipinski definition) is 5. The normalized spacial score (nSPS) is 26.8. The minimum absolute atomic E-state index is 0.0444. The van der Waals surface area contributed by atoms with Crippen LogP contribution in [0.15, 0.2) is 0 Å². The van der Waals surface area contributed by atoms with Crippen LogP contribution in [0, 0.1) is 0 Å². The van der Waals surface area contributed by atoms with Crippen LogP contribution >= 0.6 is 0 Å². The Morgan fingerprint density at radius 2 is 1.61 bits per heavy atom. The van der Waals surface area contributed by atoms with Crippen LogP contribution in [0.25, 0.3) is 0 Å². The standard InChI is InChI=1S/C11H23NO4S2/c1-12-10-6-4-3-5-7-11(10)18(15,16)9-8-17(2,13)14/h10-12H,3-9H2,1-2H3. The fraction of sp³-hybridized carbons (Fsp3) is 1.00. The maximum absolute atomic E-state index is 12.2. The van der Waals surface area contributed by atoms with Gasteiger partial charge in [-0.1, -0.05) is 19.3 Å².